The van der Waals surface area contributed by atoms with Crippen LogP contribution in [0.15, 0.2) is 78.9 Å². The number of rotatable bonds is 7. The molecule has 148 valence electrons. The van der Waals surface area contributed by atoms with E-state index in [4.69, 9.17) is 9.47 Å². The highest BCUT2D eigenvalue weighted by Gasteiger charge is 2.18. The molecular weight excluding hydrogens is 368 g/mol. The van der Waals surface area contributed by atoms with E-state index < -0.39 is 6.10 Å². The topological polar surface area (TPSA) is 76.7 Å². The Bertz CT molecular complexity index is 975. The van der Waals surface area contributed by atoms with E-state index in [0.717, 1.165) is 0 Å². The highest BCUT2D eigenvalue weighted by molar-refractivity contribution is 6.06. The lowest BCUT2D eigenvalue weighted by atomic mass is 10.1. The number of anilines is 2. The van der Waals surface area contributed by atoms with E-state index in [1.807, 2.05) is 36.4 Å². The van der Waals surface area contributed by atoms with Crippen LogP contribution in [-0.4, -0.2) is 25.0 Å². The zero-order valence-corrected chi connectivity index (χ0v) is 16.2. The van der Waals surface area contributed by atoms with Gasteiger partial charge >= 0.3 is 0 Å². The molecule has 0 bridgehead atoms. The summed E-state index contributed by atoms with van der Waals surface area (Å²) >= 11 is 0. The molecule has 2 amide bonds. The highest BCUT2D eigenvalue weighted by Crippen LogP contribution is 2.26. The van der Waals surface area contributed by atoms with Crippen molar-refractivity contribution in [2.75, 3.05) is 17.7 Å². The number of carbonyl (C=O) groups excluding carboxylic acids is 2. The van der Waals surface area contributed by atoms with Crippen molar-refractivity contribution in [3.05, 3.63) is 84.4 Å². The summed E-state index contributed by atoms with van der Waals surface area (Å²) < 4.78 is 11.0. The SMILES string of the molecule is COc1ccc(C(=O)Nc2ccccc2)cc1NC(=O)[C@H](C)Oc1ccccc1. The summed E-state index contributed by atoms with van der Waals surface area (Å²) in [5.41, 5.74) is 1.46. The summed E-state index contributed by atoms with van der Waals surface area (Å²) in [6.45, 7) is 1.65. The van der Waals surface area contributed by atoms with Crippen molar-refractivity contribution in [2.24, 2.45) is 0 Å². The molecule has 6 heteroatoms. The Morgan fingerprint density at radius 2 is 1.52 bits per heavy atom. The largest absolute Gasteiger partial charge is 0.495 e. The van der Waals surface area contributed by atoms with Gasteiger partial charge in [0.25, 0.3) is 11.8 Å². The van der Waals surface area contributed by atoms with Crippen molar-refractivity contribution in [1.82, 2.24) is 0 Å². The van der Waals surface area contributed by atoms with Crippen LogP contribution >= 0.6 is 0 Å². The van der Waals surface area contributed by atoms with Gasteiger partial charge in [0.15, 0.2) is 6.10 Å². The van der Waals surface area contributed by atoms with Crippen molar-refractivity contribution in [1.29, 1.82) is 0 Å². The normalized spacial score (nSPS) is 11.2. The third-order valence-electron chi connectivity index (χ3n) is 4.18. The van der Waals surface area contributed by atoms with E-state index in [1.165, 1.54) is 7.11 Å². The Morgan fingerprint density at radius 3 is 2.17 bits per heavy atom. The number of ether oxygens (including phenoxy) is 2. The average Bonchev–Trinajstić information content (AvgIpc) is 2.75. The quantitative estimate of drug-likeness (QED) is 0.629. The van der Waals surface area contributed by atoms with Crippen LogP contribution in [0.5, 0.6) is 11.5 Å². The molecule has 0 heterocycles. The number of methoxy groups -OCH3 is 1. The molecule has 0 saturated carbocycles. The van der Waals surface area contributed by atoms with E-state index in [-0.39, 0.29) is 11.8 Å². The predicted molar refractivity (Wildman–Crippen MR) is 113 cm³/mol. The Labute approximate surface area is 169 Å². The summed E-state index contributed by atoms with van der Waals surface area (Å²) in [6, 6.07) is 23.1. The predicted octanol–water partition coefficient (Wildman–Crippen LogP) is 4.35. The van der Waals surface area contributed by atoms with Gasteiger partial charge in [-0.25, -0.2) is 0 Å². The molecule has 0 aliphatic heterocycles. The summed E-state index contributed by atoms with van der Waals surface area (Å²) in [6.07, 6.45) is -0.732. The van der Waals surface area contributed by atoms with Crippen molar-refractivity contribution in [3.63, 3.8) is 0 Å². The van der Waals surface area contributed by atoms with Crippen molar-refractivity contribution in [3.8, 4) is 11.5 Å². The van der Waals surface area contributed by atoms with Gasteiger partial charge in [0.05, 0.1) is 12.8 Å². The fourth-order valence-electron chi connectivity index (χ4n) is 2.66. The second kappa shape index (κ2) is 9.41. The summed E-state index contributed by atoms with van der Waals surface area (Å²) in [5, 5.41) is 5.59. The second-order valence-corrected chi connectivity index (χ2v) is 6.30. The summed E-state index contributed by atoms with van der Waals surface area (Å²) in [7, 11) is 1.50. The van der Waals surface area contributed by atoms with Crippen LogP contribution < -0.4 is 20.1 Å². The molecule has 3 aromatic carbocycles. The molecule has 29 heavy (non-hydrogen) atoms. The number of para-hydroxylation sites is 2. The maximum Gasteiger partial charge on any atom is 0.265 e. The minimum atomic E-state index is -0.732. The molecule has 3 rings (SSSR count). The summed E-state index contributed by atoms with van der Waals surface area (Å²) in [5.74, 6) is 0.398. The second-order valence-electron chi connectivity index (χ2n) is 6.30. The molecule has 3 aromatic rings. The van der Waals surface area contributed by atoms with E-state index in [9.17, 15) is 9.59 Å². The van der Waals surface area contributed by atoms with Gasteiger partial charge in [0, 0.05) is 11.3 Å². The monoisotopic (exact) mass is 390 g/mol. The molecule has 0 radical (unpaired) electrons. The van der Waals surface area contributed by atoms with Gasteiger partial charge in [-0.1, -0.05) is 36.4 Å². The molecule has 0 fully saturated rings. The van der Waals surface area contributed by atoms with Gasteiger partial charge in [-0.3, -0.25) is 9.59 Å². The molecule has 6 nitrogen and oxygen atoms in total. The number of nitrogens with one attached hydrogen (secondary N) is 2. The molecule has 1 atom stereocenters. The summed E-state index contributed by atoms with van der Waals surface area (Å²) in [4.78, 5) is 25.1. The van der Waals surface area contributed by atoms with Gasteiger partial charge in [0.2, 0.25) is 0 Å². The number of amides is 2. The lowest BCUT2D eigenvalue weighted by molar-refractivity contribution is -0.122. The van der Waals surface area contributed by atoms with Gasteiger partial charge in [-0.15, -0.1) is 0 Å². The number of hydrogen-bond donors (Lipinski definition) is 2. The molecule has 2 N–H and O–H groups in total. The molecular formula is C23H22N2O4. The van der Waals surface area contributed by atoms with E-state index in [0.29, 0.717) is 28.4 Å². The first kappa shape index (κ1) is 19.9. The minimum Gasteiger partial charge on any atom is -0.495 e. The van der Waals surface area contributed by atoms with Crippen LogP contribution in [0.25, 0.3) is 0 Å². The highest BCUT2D eigenvalue weighted by atomic mass is 16.5. The van der Waals surface area contributed by atoms with Crippen molar-refractivity contribution < 1.29 is 19.1 Å². The van der Waals surface area contributed by atoms with Crippen LogP contribution in [0.3, 0.4) is 0 Å². The molecule has 0 unspecified atom stereocenters. The maximum atomic E-state index is 12.6. The van der Waals surface area contributed by atoms with Gasteiger partial charge < -0.3 is 20.1 Å². The first-order valence-corrected chi connectivity index (χ1v) is 9.14. The standard InChI is InChI=1S/C23H22N2O4/c1-16(29-19-11-7-4-8-12-19)22(26)25-20-15-17(13-14-21(20)28-2)23(27)24-18-9-5-3-6-10-18/h3-16H,1-2H3,(H,24,27)(H,25,26)/t16-/m0/s1. The molecule has 0 aromatic heterocycles. The first-order valence-electron chi connectivity index (χ1n) is 9.14. The fraction of sp³-hybridized carbons (Fsp3) is 0.130. The zero-order valence-electron chi connectivity index (χ0n) is 16.2. The van der Waals surface area contributed by atoms with Crippen LogP contribution in [0.1, 0.15) is 17.3 Å². The van der Waals surface area contributed by atoms with Crippen LogP contribution in [-0.2, 0) is 4.79 Å². The Hall–Kier alpha value is -3.80. The molecule has 0 saturated heterocycles. The van der Waals surface area contributed by atoms with E-state index in [2.05, 4.69) is 10.6 Å². The smallest absolute Gasteiger partial charge is 0.265 e. The average molecular weight is 390 g/mol. The van der Waals surface area contributed by atoms with Crippen LogP contribution in [0.2, 0.25) is 0 Å². The Kier molecular flexibility index (Phi) is 6.47. The molecule has 0 aliphatic carbocycles. The lowest BCUT2D eigenvalue weighted by Gasteiger charge is -2.17. The van der Waals surface area contributed by atoms with E-state index >= 15 is 0 Å². The Morgan fingerprint density at radius 1 is 0.862 bits per heavy atom. The van der Waals surface area contributed by atoms with Gasteiger partial charge in [-0.2, -0.15) is 0 Å². The first-order chi connectivity index (χ1) is 14.1. The number of benzene rings is 3. The van der Waals surface area contributed by atoms with Crippen LogP contribution in [0, 0.1) is 0 Å². The van der Waals surface area contributed by atoms with Crippen molar-refractivity contribution in [2.45, 2.75) is 13.0 Å². The zero-order chi connectivity index (χ0) is 20.6. The third-order valence-corrected chi connectivity index (χ3v) is 4.18. The van der Waals surface area contributed by atoms with E-state index in [1.54, 1.807) is 49.4 Å². The Balaban J connectivity index is 1.73. The number of hydrogen-bond acceptors (Lipinski definition) is 4. The van der Waals surface area contributed by atoms with Crippen LogP contribution in [0.4, 0.5) is 11.4 Å². The third kappa shape index (κ3) is 5.35. The maximum absolute atomic E-state index is 12.6. The van der Waals surface area contributed by atoms with Crippen molar-refractivity contribution >= 4 is 23.2 Å². The molecule has 0 aliphatic rings. The fourth-order valence-corrected chi connectivity index (χ4v) is 2.66. The number of carbonyl (C=O) groups is 2. The van der Waals surface area contributed by atoms with Gasteiger partial charge in [0.1, 0.15) is 11.5 Å². The minimum absolute atomic E-state index is 0.289. The van der Waals surface area contributed by atoms with Gasteiger partial charge in [-0.05, 0) is 49.4 Å². The lowest BCUT2D eigenvalue weighted by Crippen LogP contribution is -2.30. The molecule has 0 spiro atoms.